The lowest BCUT2D eigenvalue weighted by molar-refractivity contribution is 0.0472. The summed E-state index contributed by atoms with van der Waals surface area (Å²) in [6.07, 6.45) is 1.03. The Morgan fingerprint density at radius 1 is 1.11 bits per heavy atom. The highest BCUT2D eigenvalue weighted by molar-refractivity contribution is 7.89. The fourth-order valence-electron chi connectivity index (χ4n) is 3.57. The summed E-state index contributed by atoms with van der Waals surface area (Å²) in [4.78, 5) is 12.4. The average molecular weight is 422 g/mol. The molecule has 3 rings (SSSR count). The number of ether oxygens (including phenoxy) is 1. The zero-order chi connectivity index (χ0) is 20.3. The van der Waals surface area contributed by atoms with Gasteiger partial charge >= 0.3 is 5.97 Å². The van der Waals surface area contributed by atoms with E-state index in [1.807, 2.05) is 6.07 Å². The van der Waals surface area contributed by atoms with Gasteiger partial charge in [-0.25, -0.2) is 13.2 Å². The molecule has 1 fully saturated rings. The molecular formula is C21H24ClNO4S. The highest BCUT2D eigenvalue weighted by atomic mass is 35.5. The third kappa shape index (κ3) is 4.93. The van der Waals surface area contributed by atoms with E-state index in [1.165, 1.54) is 28.6 Å². The van der Waals surface area contributed by atoms with Crippen molar-refractivity contribution in [2.75, 3.05) is 13.1 Å². The minimum atomic E-state index is -3.56. The van der Waals surface area contributed by atoms with E-state index >= 15 is 0 Å². The van der Waals surface area contributed by atoms with Crippen LogP contribution in [-0.2, 0) is 21.4 Å². The summed E-state index contributed by atoms with van der Waals surface area (Å²) in [6.45, 7) is 5.28. The van der Waals surface area contributed by atoms with Crippen LogP contribution in [0.3, 0.4) is 0 Å². The minimum Gasteiger partial charge on any atom is -0.457 e. The molecule has 2 atom stereocenters. The van der Waals surface area contributed by atoms with Crippen molar-refractivity contribution in [3.63, 3.8) is 0 Å². The van der Waals surface area contributed by atoms with Gasteiger partial charge in [-0.1, -0.05) is 37.6 Å². The first-order chi connectivity index (χ1) is 13.3. The van der Waals surface area contributed by atoms with Gasteiger partial charge in [0.15, 0.2) is 0 Å². The molecule has 5 nitrogen and oxygen atoms in total. The zero-order valence-corrected chi connectivity index (χ0v) is 17.5. The topological polar surface area (TPSA) is 63.7 Å². The third-order valence-electron chi connectivity index (χ3n) is 4.82. The molecule has 0 bridgehead atoms. The Morgan fingerprint density at radius 3 is 2.36 bits per heavy atom. The van der Waals surface area contributed by atoms with Gasteiger partial charge < -0.3 is 4.74 Å². The Bertz CT molecular complexity index is 933. The van der Waals surface area contributed by atoms with Crippen molar-refractivity contribution in [3.8, 4) is 0 Å². The number of rotatable bonds is 5. The van der Waals surface area contributed by atoms with Crippen molar-refractivity contribution in [3.05, 3.63) is 64.7 Å². The molecule has 0 aliphatic carbocycles. The number of benzene rings is 2. The smallest absolute Gasteiger partial charge is 0.338 e. The molecule has 1 saturated heterocycles. The van der Waals surface area contributed by atoms with Crippen LogP contribution >= 0.6 is 11.6 Å². The number of esters is 1. The van der Waals surface area contributed by atoms with Crippen molar-refractivity contribution in [1.29, 1.82) is 0 Å². The number of piperidine rings is 1. The largest absolute Gasteiger partial charge is 0.457 e. The van der Waals surface area contributed by atoms with Crippen LogP contribution in [0.1, 0.15) is 36.2 Å². The van der Waals surface area contributed by atoms with Crippen LogP contribution < -0.4 is 0 Å². The number of hydrogen-bond acceptors (Lipinski definition) is 4. The number of nitrogens with zero attached hydrogens (tertiary/aromatic N) is 1. The van der Waals surface area contributed by atoms with Crippen LogP contribution in [0.5, 0.6) is 0 Å². The zero-order valence-electron chi connectivity index (χ0n) is 16.0. The standard InChI is InChI=1S/C21H24ClNO4S/c1-15-10-16(2)13-23(12-15)28(25,26)20-8-6-18(7-9-20)21(24)27-14-17-4-3-5-19(22)11-17/h3-9,11,15-16H,10,12-14H2,1-2H3/t15-,16-/m0/s1. The molecule has 0 aromatic heterocycles. The van der Waals surface area contributed by atoms with Crippen LogP contribution in [0, 0.1) is 11.8 Å². The van der Waals surface area contributed by atoms with E-state index in [2.05, 4.69) is 13.8 Å². The molecule has 2 aromatic rings. The lowest BCUT2D eigenvalue weighted by atomic mass is 9.94. The molecule has 28 heavy (non-hydrogen) atoms. The predicted octanol–water partition coefficient (Wildman–Crippen LogP) is 4.36. The van der Waals surface area contributed by atoms with E-state index in [4.69, 9.17) is 16.3 Å². The summed E-state index contributed by atoms with van der Waals surface area (Å²) in [5, 5.41) is 0.574. The Balaban J connectivity index is 1.67. The normalized spacial score (nSPS) is 20.7. The Hall–Kier alpha value is -1.89. The van der Waals surface area contributed by atoms with Crippen molar-refractivity contribution in [2.24, 2.45) is 11.8 Å². The number of carbonyl (C=O) groups excluding carboxylic acids is 1. The summed E-state index contributed by atoms with van der Waals surface area (Å²) in [7, 11) is -3.56. The van der Waals surface area contributed by atoms with E-state index in [0.717, 1.165) is 12.0 Å². The lowest BCUT2D eigenvalue weighted by Gasteiger charge is -2.34. The summed E-state index contributed by atoms with van der Waals surface area (Å²) < 4.78 is 32.6. The van der Waals surface area contributed by atoms with E-state index in [-0.39, 0.29) is 11.5 Å². The second kappa shape index (κ2) is 8.64. The van der Waals surface area contributed by atoms with Gasteiger partial charge in [0.2, 0.25) is 10.0 Å². The number of carbonyl (C=O) groups is 1. The number of hydrogen-bond donors (Lipinski definition) is 0. The van der Waals surface area contributed by atoms with E-state index in [1.54, 1.807) is 18.2 Å². The first-order valence-electron chi connectivity index (χ1n) is 9.27. The molecule has 0 unspecified atom stereocenters. The predicted molar refractivity (Wildman–Crippen MR) is 109 cm³/mol. The Kier molecular flexibility index (Phi) is 6.43. The Morgan fingerprint density at radius 2 is 1.75 bits per heavy atom. The summed E-state index contributed by atoms with van der Waals surface area (Å²) in [5.41, 5.74) is 1.09. The lowest BCUT2D eigenvalue weighted by Crippen LogP contribution is -2.42. The highest BCUT2D eigenvalue weighted by Crippen LogP contribution is 2.26. The van der Waals surface area contributed by atoms with Crippen LogP contribution in [0.15, 0.2) is 53.4 Å². The molecule has 0 amide bonds. The van der Waals surface area contributed by atoms with Gasteiger partial charge in [-0.2, -0.15) is 4.31 Å². The molecule has 7 heteroatoms. The second-order valence-corrected chi connectivity index (χ2v) is 9.87. The van der Waals surface area contributed by atoms with Gasteiger partial charge in [0, 0.05) is 18.1 Å². The van der Waals surface area contributed by atoms with Crippen molar-refractivity contribution >= 4 is 27.6 Å². The van der Waals surface area contributed by atoms with Crippen molar-refractivity contribution in [1.82, 2.24) is 4.31 Å². The minimum absolute atomic E-state index is 0.100. The van der Waals surface area contributed by atoms with Gasteiger partial charge in [-0.15, -0.1) is 0 Å². The maximum absolute atomic E-state index is 12.9. The number of sulfonamides is 1. The molecule has 1 aliphatic heterocycles. The SMILES string of the molecule is C[C@H]1C[C@H](C)CN(S(=O)(=O)c2ccc(C(=O)OCc3cccc(Cl)c3)cc2)C1. The van der Waals surface area contributed by atoms with Crippen LogP contribution in [0.4, 0.5) is 0 Å². The van der Waals surface area contributed by atoms with Gasteiger partial charge in [-0.05, 0) is 60.2 Å². The maximum Gasteiger partial charge on any atom is 0.338 e. The Labute approximate surface area is 171 Å². The molecule has 1 aliphatic rings. The van der Waals surface area contributed by atoms with E-state index in [9.17, 15) is 13.2 Å². The molecule has 0 saturated carbocycles. The van der Waals surface area contributed by atoms with Crippen molar-refractivity contribution < 1.29 is 17.9 Å². The van der Waals surface area contributed by atoms with Crippen LogP contribution in [0.25, 0.3) is 0 Å². The molecule has 2 aromatic carbocycles. The van der Waals surface area contributed by atoms with Crippen LogP contribution in [-0.4, -0.2) is 31.8 Å². The first-order valence-corrected chi connectivity index (χ1v) is 11.1. The molecular weight excluding hydrogens is 398 g/mol. The molecule has 0 N–H and O–H groups in total. The monoisotopic (exact) mass is 421 g/mol. The molecule has 150 valence electrons. The highest BCUT2D eigenvalue weighted by Gasteiger charge is 2.31. The van der Waals surface area contributed by atoms with Gasteiger partial charge in [-0.3, -0.25) is 0 Å². The first kappa shape index (κ1) is 20.8. The summed E-state index contributed by atoms with van der Waals surface area (Å²) in [5.74, 6) is 0.155. The second-order valence-electron chi connectivity index (χ2n) is 7.50. The third-order valence-corrected chi connectivity index (χ3v) is 6.90. The van der Waals surface area contributed by atoms with Crippen LogP contribution in [0.2, 0.25) is 5.02 Å². The van der Waals surface area contributed by atoms with Gasteiger partial charge in [0.1, 0.15) is 6.61 Å². The van der Waals surface area contributed by atoms with Crippen molar-refractivity contribution in [2.45, 2.75) is 31.8 Å². The van der Waals surface area contributed by atoms with Gasteiger partial charge in [0.25, 0.3) is 0 Å². The summed E-state index contributed by atoms with van der Waals surface area (Å²) in [6, 6.07) is 13.0. The number of halogens is 1. The van der Waals surface area contributed by atoms with E-state index < -0.39 is 16.0 Å². The molecule has 1 heterocycles. The summed E-state index contributed by atoms with van der Waals surface area (Å²) >= 11 is 5.92. The fraction of sp³-hybridized carbons (Fsp3) is 0.381. The maximum atomic E-state index is 12.9. The average Bonchev–Trinajstić information content (AvgIpc) is 2.65. The van der Waals surface area contributed by atoms with E-state index in [0.29, 0.717) is 35.5 Å². The fourth-order valence-corrected chi connectivity index (χ4v) is 5.47. The molecule has 0 spiro atoms. The quantitative estimate of drug-likeness (QED) is 0.672. The molecule has 0 radical (unpaired) electrons. The van der Waals surface area contributed by atoms with Gasteiger partial charge in [0.05, 0.1) is 10.5 Å².